The molecule has 0 saturated carbocycles. The van der Waals surface area contributed by atoms with Crippen LogP contribution >= 0.6 is 34.2 Å². The molecular formula is C16H16ClIN2O. The first-order valence-electron chi connectivity index (χ1n) is 6.59. The monoisotopic (exact) mass is 414 g/mol. The molecule has 0 aliphatic heterocycles. The summed E-state index contributed by atoms with van der Waals surface area (Å²) in [5.74, 6) is -0.0583. The van der Waals surface area contributed by atoms with Gasteiger partial charge in [-0.2, -0.15) is 0 Å². The predicted molar refractivity (Wildman–Crippen MR) is 95.7 cm³/mol. The maximum atomic E-state index is 11.9. The molecule has 0 aliphatic rings. The topological polar surface area (TPSA) is 41.1 Å². The summed E-state index contributed by atoms with van der Waals surface area (Å²) in [7, 11) is 0. The van der Waals surface area contributed by atoms with Crippen LogP contribution in [0.1, 0.15) is 18.5 Å². The molecule has 2 N–H and O–H groups in total. The first-order valence-corrected chi connectivity index (χ1v) is 8.04. The summed E-state index contributed by atoms with van der Waals surface area (Å²) in [6.07, 6.45) is 0. The van der Waals surface area contributed by atoms with Gasteiger partial charge in [-0.05, 0) is 71.5 Å². The van der Waals surface area contributed by atoms with Crippen molar-refractivity contribution in [1.29, 1.82) is 0 Å². The van der Waals surface area contributed by atoms with Crippen molar-refractivity contribution < 1.29 is 4.79 Å². The predicted octanol–water partition coefficient (Wildman–Crippen LogP) is 4.23. The summed E-state index contributed by atoms with van der Waals surface area (Å²) < 4.78 is 1.14. The van der Waals surface area contributed by atoms with Gasteiger partial charge in [0.1, 0.15) is 0 Å². The van der Waals surface area contributed by atoms with E-state index in [1.165, 1.54) is 0 Å². The minimum atomic E-state index is -0.0583. The van der Waals surface area contributed by atoms with Crippen molar-refractivity contribution in [3.63, 3.8) is 0 Å². The fourth-order valence-corrected chi connectivity index (χ4v) is 2.34. The second-order valence-electron chi connectivity index (χ2n) is 4.71. The number of carbonyl (C=O) groups excluding carboxylic acids is 1. The van der Waals surface area contributed by atoms with Crippen LogP contribution in [-0.2, 0) is 4.79 Å². The highest BCUT2D eigenvalue weighted by Crippen LogP contribution is 2.16. The summed E-state index contributed by atoms with van der Waals surface area (Å²) >= 11 is 8.09. The van der Waals surface area contributed by atoms with E-state index in [0.29, 0.717) is 5.02 Å². The molecule has 0 aliphatic carbocycles. The van der Waals surface area contributed by atoms with Gasteiger partial charge in [0.25, 0.3) is 0 Å². The van der Waals surface area contributed by atoms with Crippen molar-refractivity contribution in [3.8, 4) is 0 Å². The summed E-state index contributed by atoms with van der Waals surface area (Å²) in [6, 6.07) is 15.4. The third kappa shape index (κ3) is 5.30. The Labute approximate surface area is 143 Å². The molecule has 0 bridgehead atoms. The number of hydrogen-bond acceptors (Lipinski definition) is 2. The maximum Gasteiger partial charge on any atom is 0.238 e. The third-order valence-corrected chi connectivity index (χ3v) is 4.04. The fraction of sp³-hybridized carbons (Fsp3) is 0.188. The van der Waals surface area contributed by atoms with Crippen LogP contribution in [0.2, 0.25) is 5.02 Å². The van der Waals surface area contributed by atoms with Crippen LogP contribution in [0.15, 0.2) is 48.5 Å². The Balaban J connectivity index is 1.83. The molecule has 5 heteroatoms. The zero-order valence-electron chi connectivity index (χ0n) is 11.6. The lowest BCUT2D eigenvalue weighted by molar-refractivity contribution is -0.115. The standard InChI is InChI=1S/C16H16ClIN2O/c1-11(12-2-4-13(17)5-3-12)19-10-16(21)20-15-8-6-14(18)7-9-15/h2-9,11,19H,10H2,1H3,(H,20,21)/t11-/m1/s1. The van der Waals surface area contributed by atoms with Crippen LogP contribution in [0.5, 0.6) is 0 Å². The number of anilines is 1. The molecule has 0 spiro atoms. The average Bonchev–Trinajstić information content (AvgIpc) is 2.48. The molecule has 110 valence electrons. The van der Waals surface area contributed by atoms with E-state index >= 15 is 0 Å². The second kappa shape index (κ2) is 7.77. The number of halogens is 2. The molecule has 0 aromatic heterocycles. The van der Waals surface area contributed by atoms with E-state index in [1.54, 1.807) is 0 Å². The van der Waals surface area contributed by atoms with Crippen molar-refractivity contribution in [2.24, 2.45) is 0 Å². The first kappa shape index (κ1) is 16.3. The molecular weight excluding hydrogens is 399 g/mol. The van der Waals surface area contributed by atoms with E-state index in [-0.39, 0.29) is 18.5 Å². The zero-order chi connectivity index (χ0) is 15.2. The van der Waals surface area contributed by atoms with Gasteiger partial charge < -0.3 is 10.6 Å². The first-order chi connectivity index (χ1) is 10.0. The summed E-state index contributed by atoms with van der Waals surface area (Å²) in [4.78, 5) is 11.9. The second-order valence-corrected chi connectivity index (χ2v) is 6.39. The van der Waals surface area contributed by atoms with Crippen molar-refractivity contribution in [1.82, 2.24) is 5.32 Å². The third-order valence-electron chi connectivity index (χ3n) is 3.07. The Morgan fingerprint density at radius 2 is 1.76 bits per heavy atom. The molecule has 0 saturated heterocycles. The van der Waals surface area contributed by atoms with Crippen LogP contribution in [0.4, 0.5) is 5.69 Å². The van der Waals surface area contributed by atoms with Crippen LogP contribution in [0, 0.1) is 3.57 Å². The number of hydrogen-bond donors (Lipinski definition) is 2. The molecule has 2 aromatic rings. The molecule has 0 heterocycles. The highest BCUT2D eigenvalue weighted by molar-refractivity contribution is 14.1. The van der Waals surface area contributed by atoms with Gasteiger partial charge in [-0.25, -0.2) is 0 Å². The van der Waals surface area contributed by atoms with Crippen molar-refractivity contribution >= 4 is 45.8 Å². The van der Waals surface area contributed by atoms with Gasteiger partial charge in [0.2, 0.25) is 5.91 Å². The molecule has 3 nitrogen and oxygen atoms in total. The highest BCUT2D eigenvalue weighted by atomic mass is 127. The number of benzene rings is 2. The van der Waals surface area contributed by atoms with Gasteiger partial charge in [0.15, 0.2) is 0 Å². The van der Waals surface area contributed by atoms with Crippen molar-refractivity contribution in [2.75, 3.05) is 11.9 Å². The van der Waals surface area contributed by atoms with Crippen LogP contribution in [-0.4, -0.2) is 12.5 Å². The minimum absolute atomic E-state index is 0.0583. The summed E-state index contributed by atoms with van der Waals surface area (Å²) in [5, 5.41) is 6.76. The maximum absolute atomic E-state index is 11.9. The van der Waals surface area contributed by atoms with E-state index in [4.69, 9.17) is 11.6 Å². The molecule has 2 rings (SSSR count). The number of amides is 1. The fourth-order valence-electron chi connectivity index (χ4n) is 1.85. The van der Waals surface area contributed by atoms with Crippen molar-refractivity contribution in [3.05, 3.63) is 62.7 Å². The van der Waals surface area contributed by atoms with Gasteiger partial charge in [0.05, 0.1) is 6.54 Å². The van der Waals surface area contributed by atoms with Gasteiger partial charge >= 0.3 is 0 Å². The summed E-state index contributed by atoms with van der Waals surface area (Å²) in [5.41, 5.74) is 1.91. The Hall–Kier alpha value is -1.11. The van der Waals surface area contributed by atoms with Crippen LogP contribution < -0.4 is 10.6 Å². The summed E-state index contributed by atoms with van der Waals surface area (Å²) in [6.45, 7) is 2.27. The molecule has 0 fully saturated rings. The Kier molecular flexibility index (Phi) is 6.02. The molecule has 21 heavy (non-hydrogen) atoms. The molecule has 2 aromatic carbocycles. The number of carbonyl (C=O) groups is 1. The lowest BCUT2D eigenvalue weighted by atomic mass is 10.1. The zero-order valence-corrected chi connectivity index (χ0v) is 14.5. The Morgan fingerprint density at radius 1 is 1.14 bits per heavy atom. The van der Waals surface area contributed by atoms with Gasteiger partial charge in [-0.15, -0.1) is 0 Å². The van der Waals surface area contributed by atoms with Gasteiger partial charge in [0, 0.05) is 20.3 Å². The lowest BCUT2D eigenvalue weighted by Gasteiger charge is -2.14. The van der Waals surface area contributed by atoms with Crippen LogP contribution in [0.3, 0.4) is 0 Å². The highest BCUT2D eigenvalue weighted by Gasteiger charge is 2.08. The molecule has 1 amide bonds. The van der Waals surface area contributed by atoms with E-state index in [1.807, 2.05) is 55.5 Å². The average molecular weight is 415 g/mol. The van der Waals surface area contributed by atoms with E-state index in [9.17, 15) is 4.79 Å². The molecule has 0 unspecified atom stereocenters. The number of nitrogens with one attached hydrogen (secondary N) is 2. The smallest absolute Gasteiger partial charge is 0.238 e. The Bertz CT molecular complexity index is 599. The minimum Gasteiger partial charge on any atom is -0.325 e. The normalized spacial score (nSPS) is 12.0. The molecule has 1 atom stereocenters. The largest absolute Gasteiger partial charge is 0.325 e. The van der Waals surface area contributed by atoms with E-state index in [0.717, 1.165) is 14.8 Å². The van der Waals surface area contributed by atoms with Gasteiger partial charge in [-0.3, -0.25) is 4.79 Å². The SMILES string of the molecule is C[C@@H](NCC(=O)Nc1ccc(I)cc1)c1ccc(Cl)cc1. The number of rotatable bonds is 5. The van der Waals surface area contributed by atoms with Crippen LogP contribution in [0.25, 0.3) is 0 Å². The lowest BCUT2D eigenvalue weighted by Crippen LogP contribution is -2.30. The van der Waals surface area contributed by atoms with Crippen molar-refractivity contribution in [2.45, 2.75) is 13.0 Å². The van der Waals surface area contributed by atoms with Gasteiger partial charge in [-0.1, -0.05) is 23.7 Å². The Morgan fingerprint density at radius 3 is 2.38 bits per heavy atom. The molecule has 0 radical (unpaired) electrons. The quantitative estimate of drug-likeness (QED) is 0.719. The van der Waals surface area contributed by atoms with E-state index in [2.05, 4.69) is 33.2 Å². The van der Waals surface area contributed by atoms with E-state index < -0.39 is 0 Å².